The Kier molecular flexibility index (Phi) is 3.67. The smallest absolute Gasteiger partial charge is 0.256 e. The van der Waals surface area contributed by atoms with Crippen molar-refractivity contribution in [2.24, 2.45) is 0 Å². The van der Waals surface area contributed by atoms with Gasteiger partial charge in [0, 0.05) is 22.8 Å². The minimum Gasteiger partial charge on any atom is -0.307 e. The number of aromatic nitrogens is 2. The van der Waals surface area contributed by atoms with Crippen LogP contribution in [0.5, 0.6) is 0 Å². The largest absolute Gasteiger partial charge is 0.307 e. The molecule has 1 aromatic heterocycles. The minimum atomic E-state index is -0.221. The zero-order chi connectivity index (χ0) is 18.4. The molecule has 0 aliphatic heterocycles. The lowest BCUT2D eigenvalue weighted by Gasteiger charge is -2.14. The third-order valence-corrected chi connectivity index (χ3v) is 5.57. The zero-order valence-electron chi connectivity index (χ0n) is 14.8. The number of hydrogen-bond acceptors (Lipinski definition) is 3. The van der Waals surface area contributed by atoms with E-state index in [0.29, 0.717) is 28.6 Å². The Morgan fingerprint density at radius 1 is 0.963 bits per heavy atom. The minimum absolute atomic E-state index is 0.0220. The fourth-order valence-electron chi connectivity index (χ4n) is 4.21. The summed E-state index contributed by atoms with van der Waals surface area (Å²) in [6, 6.07) is 15.1. The average Bonchev–Trinajstić information content (AvgIpc) is 3.42. The van der Waals surface area contributed by atoms with Gasteiger partial charge in [0.25, 0.3) is 5.91 Å². The SMILES string of the molecule is O=C(Nc1ccnn1C1CCCC1)c1ccc2c(c1)C(=O)c1ccccc1-2. The van der Waals surface area contributed by atoms with Crippen molar-refractivity contribution in [3.8, 4) is 11.1 Å². The fourth-order valence-corrected chi connectivity index (χ4v) is 4.21. The number of hydrogen-bond donors (Lipinski definition) is 1. The molecule has 1 saturated carbocycles. The zero-order valence-corrected chi connectivity index (χ0v) is 14.8. The lowest BCUT2D eigenvalue weighted by atomic mass is 10.0. The summed E-state index contributed by atoms with van der Waals surface area (Å²) in [5, 5.41) is 7.35. The quantitative estimate of drug-likeness (QED) is 0.589. The molecule has 27 heavy (non-hydrogen) atoms. The topological polar surface area (TPSA) is 64.0 Å². The van der Waals surface area contributed by atoms with Crippen molar-refractivity contribution in [1.29, 1.82) is 0 Å². The molecule has 0 bridgehead atoms. The molecule has 1 heterocycles. The van der Waals surface area contributed by atoms with Gasteiger partial charge in [0.05, 0.1) is 12.2 Å². The molecule has 1 fully saturated rings. The Balaban J connectivity index is 1.43. The number of benzene rings is 2. The number of ketones is 1. The third-order valence-electron chi connectivity index (χ3n) is 5.57. The van der Waals surface area contributed by atoms with Crippen molar-refractivity contribution < 1.29 is 9.59 Å². The molecule has 0 saturated heterocycles. The van der Waals surface area contributed by atoms with Crippen LogP contribution in [-0.4, -0.2) is 21.5 Å². The highest BCUT2D eigenvalue weighted by Gasteiger charge is 2.27. The van der Waals surface area contributed by atoms with E-state index in [2.05, 4.69) is 10.4 Å². The van der Waals surface area contributed by atoms with Gasteiger partial charge in [-0.3, -0.25) is 9.59 Å². The number of fused-ring (bicyclic) bond motifs is 3. The monoisotopic (exact) mass is 357 g/mol. The molecule has 0 radical (unpaired) electrons. The Morgan fingerprint density at radius 2 is 1.70 bits per heavy atom. The van der Waals surface area contributed by atoms with Crippen LogP contribution in [-0.2, 0) is 0 Å². The summed E-state index contributed by atoms with van der Waals surface area (Å²) in [4.78, 5) is 25.5. The Hall–Kier alpha value is -3.21. The second kappa shape index (κ2) is 6.20. The Bertz CT molecular complexity index is 1060. The number of rotatable bonds is 3. The maximum atomic E-state index is 12.8. The Morgan fingerprint density at radius 3 is 2.52 bits per heavy atom. The van der Waals surface area contributed by atoms with E-state index in [1.165, 1.54) is 12.8 Å². The molecule has 2 aliphatic rings. The van der Waals surface area contributed by atoms with Crippen LogP contribution >= 0.6 is 0 Å². The maximum absolute atomic E-state index is 12.8. The van der Waals surface area contributed by atoms with Crippen LogP contribution in [0.2, 0.25) is 0 Å². The standard InChI is InChI=1S/C22H19N3O2/c26-21-18-8-4-3-7-16(18)17-10-9-14(13-19(17)21)22(27)24-20-11-12-23-25(20)15-5-1-2-6-15/h3-4,7-13,15H,1-2,5-6H2,(H,24,27). The van der Waals surface area contributed by atoms with Crippen LogP contribution in [0.1, 0.15) is 58.0 Å². The average molecular weight is 357 g/mol. The van der Waals surface area contributed by atoms with Crippen LogP contribution in [0.4, 0.5) is 5.82 Å². The fraction of sp³-hybridized carbons (Fsp3) is 0.227. The summed E-state index contributed by atoms with van der Waals surface area (Å²) in [5.41, 5.74) is 3.60. The van der Waals surface area contributed by atoms with Gasteiger partial charge in [-0.25, -0.2) is 4.68 Å². The molecule has 1 N–H and O–H groups in total. The first-order valence-electron chi connectivity index (χ1n) is 9.35. The Labute approximate surface area is 157 Å². The predicted molar refractivity (Wildman–Crippen MR) is 103 cm³/mol. The number of anilines is 1. The van der Waals surface area contributed by atoms with Crippen molar-refractivity contribution >= 4 is 17.5 Å². The molecule has 0 unspecified atom stereocenters. The number of carbonyl (C=O) groups excluding carboxylic acids is 2. The van der Waals surface area contributed by atoms with Gasteiger partial charge >= 0.3 is 0 Å². The van der Waals surface area contributed by atoms with Crippen molar-refractivity contribution in [1.82, 2.24) is 9.78 Å². The van der Waals surface area contributed by atoms with Gasteiger partial charge in [-0.05, 0) is 36.1 Å². The third kappa shape index (κ3) is 2.58. The first-order chi connectivity index (χ1) is 13.2. The summed E-state index contributed by atoms with van der Waals surface area (Å²) in [6.45, 7) is 0. The highest BCUT2D eigenvalue weighted by atomic mass is 16.2. The number of carbonyl (C=O) groups is 2. The summed E-state index contributed by atoms with van der Waals surface area (Å²) in [5.74, 6) is 0.467. The molecule has 5 rings (SSSR count). The molecule has 2 aromatic carbocycles. The van der Waals surface area contributed by atoms with E-state index in [9.17, 15) is 9.59 Å². The van der Waals surface area contributed by atoms with Gasteiger partial charge in [0.15, 0.2) is 5.78 Å². The lowest BCUT2D eigenvalue weighted by Crippen LogP contribution is -2.18. The van der Waals surface area contributed by atoms with Crippen molar-refractivity contribution in [3.63, 3.8) is 0 Å². The normalized spacial score (nSPS) is 15.6. The van der Waals surface area contributed by atoms with Crippen LogP contribution < -0.4 is 5.32 Å². The van der Waals surface area contributed by atoms with Gasteiger partial charge in [0.2, 0.25) is 0 Å². The van der Waals surface area contributed by atoms with E-state index >= 15 is 0 Å². The van der Waals surface area contributed by atoms with Crippen LogP contribution in [0.15, 0.2) is 54.7 Å². The highest BCUT2D eigenvalue weighted by Crippen LogP contribution is 2.37. The number of nitrogens with zero attached hydrogens (tertiary/aromatic N) is 2. The van der Waals surface area contributed by atoms with Gasteiger partial charge in [-0.15, -0.1) is 0 Å². The van der Waals surface area contributed by atoms with Crippen LogP contribution in [0.3, 0.4) is 0 Å². The molecular weight excluding hydrogens is 338 g/mol. The first-order valence-corrected chi connectivity index (χ1v) is 9.35. The maximum Gasteiger partial charge on any atom is 0.256 e. The summed E-state index contributed by atoms with van der Waals surface area (Å²) < 4.78 is 1.92. The van der Waals surface area contributed by atoms with Crippen molar-refractivity contribution in [2.45, 2.75) is 31.7 Å². The molecule has 3 aromatic rings. The van der Waals surface area contributed by atoms with E-state index < -0.39 is 0 Å². The van der Waals surface area contributed by atoms with E-state index in [0.717, 1.165) is 24.0 Å². The molecule has 1 amide bonds. The molecular formula is C22H19N3O2. The van der Waals surface area contributed by atoms with E-state index in [-0.39, 0.29) is 11.7 Å². The molecule has 5 heteroatoms. The van der Waals surface area contributed by atoms with E-state index in [1.807, 2.05) is 41.1 Å². The highest BCUT2D eigenvalue weighted by molar-refractivity contribution is 6.22. The molecule has 0 atom stereocenters. The number of nitrogens with one attached hydrogen (secondary N) is 1. The van der Waals surface area contributed by atoms with E-state index in [4.69, 9.17) is 0 Å². The molecule has 134 valence electrons. The number of amides is 1. The lowest BCUT2D eigenvalue weighted by molar-refractivity contribution is 0.102. The summed E-state index contributed by atoms with van der Waals surface area (Å²) in [6.07, 6.45) is 6.31. The van der Waals surface area contributed by atoms with Crippen LogP contribution in [0.25, 0.3) is 11.1 Å². The van der Waals surface area contributed by atoms with Gasteiger partial charge in [0.1, 0.15) is 5.82 Å². The molecule has 5 nitrogen and oxygen atoms in total. The summed E-state index contributed by atoms with van der Waals surface area (Å²) >= 11 is 0. The van der Waals surface area contributed by atoms with Crippen molar-refractivity contribution in [3.05, 3.63) is 71.4 Å². The van der Waals surface area contributed by atoms with Gasteiger partial charge in [-0.1, -0.05) is 43.2 Å². The van der Waals surface area contributed by atoms with Gasteiger partial charge < -0.3 is 5.32 Å². The van der Waals surface area contributed by atoms with Gasteiger partial charge in [-0.2, -0.15) is 5.10 Å². The predicted octanol–water partition coefficient (Wildman–Crippen LogP) is 4.46. The second-order valence-corrected chi connectivity index (χ2v) is 7.19. The second-order valence-electron chi connectivity index (χ2n) is 7.19. The summed E-state index contributed by atoms with van der Waals surface area (Å²) in [7, 11) is 0. The van der Waals surface area contributed by atoms with Crippen molar-refractivity contribution in [2.75, 3.05) is 5.32 Å². The molecule has 2 aliphatic carbocycles. The molecule has 0 spiro atoms. The van der Waals surface area contributed by atoms with E-state index in [1.54, 1.807) is 18.3 Å². The van der Waals surface area contributed by atoms with Crippen LogP contribution in [0, 0.1) is 0 Å². The first kappa shape index (κ1) is 16.0.